The van der Waals surface area contributed by atoms with Crippen LogP contribution in [0, 0.1) is 6.92 Å². The van der Waals surface area contributed by atoms with E-state index in [1.807, 2.05) is 29.8 Å². The maximum atomic E-state index is 5.58. The van der Waals surface area contributed by atoms with Crippen LogP contribution in [-0.4, -0.2) is 53.0 Å². The molecule has 8 nitrogen and oxygen atoms in total. The minimum atomic E-state index is 0.249. The molecule has 32 heavy (non-hydrogen) atoms. The molecule has 0 unspecified atom stereocenters. The number of aryl methyl sites for hydroxylation is 1. The van der Waals surface area contributed by atoms with Gasteiger partial charge < -0.3 is 10.6 Å². The highest BCUT2D eigenvalue weighted by Crippen LogP contribution is 2.26. The van der Waals surface area contributed by atoms with Gasteiger partial charge in [0.1, 0.15) is 0 Å². The Bertz CT molecular complexity index is 1170. The fourth-order valence-corrected chi connectivity index (χ4v) is 5.01. The average Bonchev–Trinajstić information content (AvgIpc) is 3.43. The van der Waals surface area contributed by atoms with Crippen LogP contribution in [-0.2, 0) is 0 Å². The highest BCUT2D eigenvalue weighted by atomic mass is 15.3. The second kappa shape index (κ2) is 9.24. The largest absolute Gasteiger partial charge is 0.367 e. The summed E-state index contributed by atoms with van der Waals surface area (Å²) < 4.78 is 3.67. The predicted octanol–water partition coefficient (Wildman–Crippen LogP) is 4.13. The second-order valence-electron chi connectivity index (χ2n) is 8.98. The lowest BCUT2D eigenvalue weighted by molar-refractivity contribution is 0.131. The highest BCUT2D eigenvalue weighted by Gasteiger charge is 2.21. The minimum absolute atomic E-state index is 0.249. The molecule has 0 atom stereocenters. The van der Waals surface area contributed by atoms with Crippen molar-refractivity contribution in [1.29, 1.82) is 0 Å². The Labute approximate surface area is 188 Å². The van der Waals surface area contributed by atoms with Crippen molar-refractivity contribution in [2.45, 2.75) is 64.3 Å². The summed E-state index contributed by atoms with van der Waals surface area (Å²) in [6.07, 6.45) is 21.0. The number of nitrogens with zero attached hydrogens (tertiary/aromatic N) is 7. The number of piperidine rings is 1. The number of anilines is 1. The molecule has 0 radical (unpaired) electrons. The van der Waals surface area contributed by atoms with Gasteiger partial charge in [-0.15, -0.1) is 5.10 Å². The first-order chi connectivity index (χ1) is 15.7. The lowest BCUT2D eigenvalue weighted by Crippen LogP contribution is -2.40. The second-order valence-corrected chi connectivity index (χ2v) is 8.98. The summed E-state index contributed by atoms with van der Waals surface area (Å²) in [5.74, 6) is 0.939. The Morgan fingerprint density at radius 1 is 0.906 bits per heavy atom. The van der Waals surface area contributed by atoms with Crippen molar-refractivity contribution in [3.05, 3.63) is 42.7 Å². The summed E-state index contributed by atoms with van der Waals surface area (Å²) >= 11 is 0. The van der Waals surface area contributed by atoms with Gasteiger partial charge >= 0.3 is 0 Å². The van der Waals surface area contributed by atoms with Crippen molar-refractivity contribution >= 4 is 17.2 Å². The smallest absolute Gasteiger partial charge is 0.238 e. The number of imidazole rings is 1. The van der Waals surface area contributed by atoms with Crippen molar-refractivity contribution in [3.63, 3.8) is 0 Å². The fourth-order valence-electron chi connectivity index (χ4n) is 5.01. The van der Waals surface area contributed by atoms with Crippen molar-refractivity contribution in [2.75, 3.05) is 18.8 Å². The average molecular weight is 433 g/mol. The van der Waals surface area contributed by atoms with E-state index in [1.165, 1.54) is 64.5 Å². The van der Waals surface area contributed by atoms with Crippen LogP contribution in [0.25, 0.3) is 22.4 Å². The molecule has 8 heteroatoms. The molecular weight excluding hydrogens is 400 g/mol. The van der Waals surface area contributed by atoms with Crippen LogP contribution in [0.3, 0.4) is 0 Å². The van der Waals surface area contributed by atoms with Crippen LogP contribution in [0.15, 0.2) is 37.1 Å². The molecule has 0 bridgehead atoms. The number of fused-ring (bicyclic) bond motifs is 2. The Hall–Kier alpha value is -3.00. The number of hydrogen-bond donors (Lipinski definition) is 1. The zero-order valence-corrected chi connectivity index (χ0v) is 18.8. The van der Waals surface area contributed by atoms with Crippen LogP contribution < -0.4 is 5.73 Å². The van der Waals surface area contributed by atoms with Gasteiger partial charge in [0, 0.05) is 41.5 Å². The summed E-state index contributed by atoms with van der Waals surface area (Å²) in [7, 11) is 0. The predicted molar refractivity (Wildman–Crippen MR) is 126 cm³/mol. The first-order valence-electron chi connectivity index (χ1n) is 11.8. The normalized spacial score (nSPS) is 18.0. The third kappa shape index (κ3) is 4.32. The molecule has 2 aliphatic rings. The molecule has 1 saturated heterocycles. The maximum absolute atomic E-state index is 5.58. The molecular formula is C24H32N8. The standard InChI is InChI=1S/C13H11N7.C11H21N/c1-8-4-16-13-17-5-9(7-19(8)13)10-2-3-20-11(10)6-15-12(14)18-20;1-3-7-11(8-4-1)12-9-5-2-6-10-12/h2-7H,1H3,(H2,14,18);11H,1-10H2. The highest BCUT2D eigenvalue weighted by molar-refractivity contribution is 5.79. The summed E-state index contributed by atoms with van der Waals surface area (Å²) in [5, 5.41) is 4.14. The Balaban J connectivity index is 0.000000154. The van der Waals surface area contributed by atoms with Gasteiger partial charge in [0.15, 0.2) is 0 Å². The molecule has 168 valence electrons. The summed E-state index contributed by atoms with van der Waals surface area (Å²) in [4.78, 5) is 15.4. The third-order valence-electron chi connectivity index (χ3n) is 6.78. The molecule has 1 saturated carbocycles. The Morgan fingerprint density at radius 2 is 1.66 bits per heavy atom. The zero-order chi connectivity index (χ0) is 21.9. The fraction of sp³-hybridized carbons (Fsp3) is 0.500. The van der Waals surface area contributed by atoms with Crippen LogP contribution in [0.1, 0.15) is 57.1 Å². The lowest BCUT2D eigenvalue weighted by atomic mass is 9.93. The van der Waals surface area contributed by atoms with Gasteiger partial charge in [0.05, 0.1) is 17.9 Å². The van der Waals surface area contributed by atoms with Crippen LogP contribution >= 0.6 is 0 Å². The van der Waals surface area contributed by atoms with E-state index in [2.05, 4.69) is 25.0 Å². The maximum Gasteiger partial charge on any atom is 0.238 e. The van der Waals surface area contributed by atoms with Gasteiger partial charge in [0.2, 0.25) is 11.7 Å². The zero-order valence-electron chi connectivity index (χ0n) is 18.8. The minimum Gasteiger partial charge on any atom is -0.367 e. The van der Waals surface area contributed by atoms with Crippen molar-refractivity contribution in [3.8, 4) is 11.1 Å². The SMILES string of the molecule is C1CCC(N2CCCCC2)CC1.Cc1cnc2ncc(-c3ccn4nc(N)ncc34)cn12. The van der Waals surface area contributed by atoms with E-state index in [0.29, 0.717) is 5.78 Å². The number of nitrogens with two attached hydrogens (primary N) is 1. The van der Waals surface area contributed by atoms with E-state index in [4.69, 9.17) is 5.73 Å². The first kappa shape index (κ1) is 20.9. The van der Waals surface area contributed by atoms with Crippen molar-refractivity contribution < 1.29 is 0 Å². The van der Waals surface area contributed by atoms with Gasteiger partial charge in [0.25, 0.3) is 0 Å². The van der Waals surface area contributed by atoms with E-state index >= 15 is 0 Å². The Morgan fingerprint density at radius 3 is 2.47 bits per heavy atom. The van der Waals surface area contributed by atoms with E-state index in [9.17, 15) is 0 Å². The summed E-state index contributed by atoms with van der Waals surface area (Å²) in [6, 6.07) is 2.94. The number of likely N-dealkylation sites (tertiary alicyclic amines) is 1. The summed E-state index contributed by atoms with van der Waals surface area (Å²) in [6.45, 7) is 4.78. The van der Waals surface area contributed by atoms with Gasteiger partial charge in [-0.05, 0) is 51.8 Å². The van der Waals surface area contributed by atoms with Crippen LogP contribution in [0.2, 0.25) is 0 Å². The number of nitrogen functional groups attached to an aromatic ring is 1. The Kier molecular flexibility index (Phi) is 6.03. The molecule has 1 aliphatic carbocycles. The quantitative estimate of drug-likeness (QED) is 0.512. The third-order valence-corrected chi connectivity index (χ3v) is 6.78. The molecule has 1 aliphatic heterocycles. The van der Waals surface area contributed by atoms with Gasteiger partial charge in [-0.3, -0.25) is 4.40 Å². The lowest BCUT2D eigenvalue weighted by Gasteiger charge is -2.36. The van der Waals surface area contributed by atoms with E-state index in [-0.39, 0.29) is 5.95 Å². The molecule has 6 rings (SSSR count). The van der Waals surface area contributed by atoms with Gasteiger partial charge in [-0.1, -0.05) is 25.7 Å². The van der Waals surface area contributed by atoms with Crippen molar-refractivity contribution in [1.82, 2.24) is 33.9 Å². The molecule has 0 aromatic carbocycles. The number of rotatable bonds is 2. The molecule has 4 aromatic heterocycles. The molecule has 0 spiro atoms. The van der Waals surface area contributed by atoms with Crippen LogP contribution in [0.5, 0.6) is 0 Å². The van der Waals surface area contributed by atoms with Crippen molar-refractivity contribution in [2.24, 2.45) is 0 Å². The number of hydrogen-bond acceptors (Lipinski definition) is 6. The molecule has 2 N–H and O–H groups in total. The molecule has 5 heterocycles. The van der Waals surface area contributed by atoms with Gasteiger partial charge in [-0.2, -0.15) is 0 Å². The van der Waals surface area contributed by atoms with Gasteiger partial charge in [-0.25, -0.2) is 19.5 Å². The van der Waals surface area contributed by atoms with Crippen LogP contribution in [0.4, 0.5) is 5.95 Å². The van der Waals surface area contributed by atoms with E-state index < -0.39 is 0 Å². The first-order valence-corrected chi connectivity index (χ1v) is 11.8. The van der Waals surface area contributed by atoms with E-state index in [1.54, 1.807) is 23.1 Å². The monoisotopic (exact) mass is 432 g/mol. The molecule has 4 aromatic rings. The molecule has 2 fully saturated rings. The molecule has 0 amide bonds. The topological polar surface area (TPSA) is 89.6 Å². The summed E-state index contributed by atoms with van der Waals surface area (Å²) in [5.41, 5.74) is 9.50. The number of aromatic nitrogens is 6. The van der Waals surface area contributed by atoms with E-state index in [0.717, 1.165) is 28.4 Å².